The summed E-state index contributed by atoms with van der Waals surface area (Å²) in [6.07, 6.45) is 1.56. The first-order chi connectivity index (χ1) is 8.40. The van der Waals surface area contributed by atoms with E-state index in [4.69, 9.17) is 11.6 Å². The van der Waals surface area contributed by atoms with Crippen molar-refractivity contribution < 1.29 is 14.7 Å². The van der Waals surface area contributed by atoms with E-state index in [2.05, 4.69) is 15.9 Å². The summed E-state index contributed by atoms with van der Waals surface area (Å²) in [5.74, 6) is -0.400. The zero-order chi connectivity index (χ0) is 13.4. The number of carbonyl (C=O) groups is 2. The Morgan fingerprint density at radius 3 is 2.61 bits per heavy atom. The Morgan fingerprint density at radius 1 is 1.44 bits per heavy atom. The van der Waals surface area contributed by atoms with Gasteiger partial charge in [0, 0.05) is 7.05 Å². The summed E-state index contributed by atoms with van der Waals surface area (Å²) in [6.45, 7) is 0. The molecule has 1 saturated heterocycles. The van der Waals surface area contributed by atoms with Gasteiger partial charge >= 0.3 is 0 Å². The zero-order valence-electron chi connectivity index (χ0n) is 9.11. The van der Waals surface area contributed by atoms with Crippen LogP contribution in [-0.2, 0) is 4.79 Å². The quantitative estimate of drug-likeness (QED) is 0.790. The number of nitrogens with zero attached hydrogens (tertiary/aromatic N) is 1. The molecular weight excluding hydrogens is 342 g/mol. The SMILES string of the molecule is CN1C(=O)S/C(=C\c2cc(Cl)c(O)c(Br)c2)C1=O. The maximum absolute atomic E-state index is 11.7. The monoisotopic (exact) mass is 347 g/mol. The molecule has 0 spiro atoms. The molecule has 18 heavy (non-hydrogen) atoms. The van der Waals surface area contributed by atoms with Crippen LogP contribution in [0.1, 0.15) is 5.56 Å². The van der Waals surface area contributed by atoms with Gasteiger partial charge in [-0.15, -0.1) is 0 Å². The van der Waals surface area contributed by atoms with E-state index in [1.807, 2.05) is 0 Å². The summed E-state index contributed by atoms with van der Waals surface area (Å²) < 4.78 is 0.428. The molecule has 1 N–H and O–H groups in total. The molecule has 94 valence electrons. The fourth-order valence-electron chi connectivity index (χ4n) is 1.37. The highest BCUT2D eigenvalue weighted by molar-refractivity contribution is 9.10. The minimum atomic E-state index is -0.342. The number of amides is 2. The summed E-state index contributed by atoms with van der Waals surface area (Å²) in [5, 5.41) is 9.36. The van der Waals surface area contributed by atoms with Crippen LogP contribution in [0.15, 0.2) is 21.5 Å². The molecule has 0 aromatic heterocycles. The molecule has 0 atom stereocenters. The minimum Gasteiger partial charge on any atom is -0.505 e. The third kappa shape index (κ3) is 2.41. The van der Waals surface area contributed by atoms with Gasteiger partial charge in [-0.05, 0) is 51.5 Å². The maximum Gasteiger partial charge on any atom is 0.293 e. The Bertz CT molecular complexity index is 565. The Labute approximate surface area is 121 Å². The predicted octanol–water partition coefficient (Wildman–Crippen LogP) is 3.47. The van der Waals surface area contributed by atoms with Crippen molar-refractivity contribution in [3.05, 3.63) is 32.1 Å². The third-order valence-corrected chi connectivity index (χ3v) is 4.18. The number of phenolic OH excluding ortho intramolecular Hbond substituents is 1. The number of aromatic hydroxyl groups is 1. The minimum absolute atomic E-state index is 0.0580. The second kappa shape index (κ2) is 4.95. The average Bonchev–Trinajstić information content (AvgIpc) is 2.54. The van der Waals surface area contributed by atoms with Crippen LogP contribution in [0.25, 0.3) is 6.08 Å². The largest absolute Gasteiger partial charge is 0.505 e. The van der Waals surface area contributed by atoms with Crippen molar-refractivity contribution in [2.45, 2.75) is 0 Å². The second-order valence-corrected chi connectivity index (χ2v) is 5.83. The number of hydrogen-bond donors (Lipinski definition) is 1. The summed E-state index contributed by atoms with van der Waals surface area (Å²) in [4.78, 5) is 24.4. The van der Waals surface area contributed by atoms with Crippen LogP contribution < -0.4 is 0 Å². The van der Waals surface area contributed by atoms with Gasteiger partial charge in [0.1, 0.15) is 5.75 Å². The van der Waals surface area contributed by atoms with Gasteiger partial charge in [0.25, 0.3) is 11.1 Å². The molecule has 2 amide bonds. The standard InChI is InChI=1S/C11H7BrClNO3S/c1-14-10(16)8(18-11(14)17)4-5-2-6(12)9(15)7(13)3-5/h2-4,15H,1H3/b8-4-. The van der Waals surface area contributed by atoms with Gasteiger partial charge in [-0.3, -0.25) is 14.5 Å². The molecular formula is C11H7BrClNO3S. The Balaban J connectivity index is 2.40. The number of carbonyl (C=O) groups excluding carboxylic acids is 2. The number of imide groups is 1. The van der Waals surface area contributed by atoms with Crippen LogP contribution in [0.5, 0.6) is 5.75 Å². The number of benzene rings is 1. The van der Waals surface area contributed by atoms with E-state index in [0.29, 0.717) is 14.9 Å². The normalized spacial score (nSPS) is 17.9. The molecule has 1 aliphatic rings. The number of rotatable bonds is 1. The van der Waals surface area contributed by atoms with Crippen molar-refractivity contribution in [2.75, 3.05) is 7.05 Å². The molecule has 0 unspecified atom stereocenters. The first-order valence-corrected chi connectivity index (χ1v) is 6.78. The smallest absolute Gasteiger partial charge is 0.293 e. The molecule has 0 bridgehead atoms. The first kappa shape index (κ1) is 13.5. The van der Waals surface area contributed by atoms with Crippen molar-refractivity contribution in [1.29, 1.82) is 0 Å². The van der Waals surface area contributed by atoms with Gasteiger partial charge in [0.05, 0.1) is 14.4 Å². The van der Waals surface area contributed by atoms with Crippen molar-refractivity contribution in [2.24, 2.45) is 0 Å². The number of likely N-dealkylation sites (N-methyl/N-ethyl adjacent to an activating group) is 1. The molecule has 1 aromatic carbocycles. The van der Waals surface area contributed by atoms with Crippen LogP contribution in [0.2, 0.25) is 5.02 Å². The Morgan fingerprint density at radius 2 is 2.11 bits per heavy atom. The molecule has 4 nitrogen and oxygen atoms in total. The Kier molecular flexibility index (Phi) is 3.70. The molecule has 1 aliphatic heterocycles. The van der Waals surface area contributed by atoms with E-state index in [9.17, 15) is 14.7 Å². The van der Waals surface area contributed by atoms with Gasteiger partial charge in [0.15, 0.2) is 0 Å². The molecule has 0 saturated carbocycles. The van der Waals surface area contributed by atoms with Crippen LogP contribution in [0.3, 0.4) is 0 Å². The van der Waals surface area contributed by atoms with Crippen molar-refractivity contribution >= 4 is 56.5 Å². The average molecular weight is 349 g/mol. The molecule has 7 heteroatoms. The summed E-state index contributed by atoms with van der Waals surface area (Å²) in [7, 11) is 1.43. The molecule has 0 radical (unpaired) electrons. The molecule has 1 fully saturated rings. The third-order valence-electron chi connectivity index (χ3n) is 2.32. The van der Waals surface area contributed by atoms with Crippen molar-refractivity contribution in [1.82, 2.24) is 4.90 Å². The van der Waals surface area contributed by atoms with E-state index in [1.54, 1.807) is 12.1 Å². The van der Waals surface area contributed by atoms with Crippen LogP contribution in [0.4, 0.5) is 4.79 Å². The van der Waals surface area contributed by atoms with Crippen molar-refractivity contribution in [3.8, 4) is 5.75 Å². The molecule has 1 aromatic rings. The fraction of sp³-hybridized carbons (Fsp3) is 0.0909. The molecule has 1 heterocycles. The first-order valence-electron chi connectivity index (χ1n) is 4.79. The summed E-state index contributed by atoms with van der Waals surface area (Å²) >= 11 is 9.84. The fourth-order valence-corrected chi connectivity index (χ4v) is 3.01. The molecule has 2 rings (SSSR count). The number of hydrogen-bond acceptors (Lipinski definition) is 4. The van der Waals surface area contributed by atoms with E-state index < -0.39 is 0 Å². The van der Waals surface area contributed by atoms with E-state index in [1.165, 1.54) is 13.1 Å². The van der Waals surface area contributed by atoms with Gasteiger partial charge in [-0.25, -0.2) is 0 Å². The highest BCUT2D eigenvalue weighted by Gasteiger charge is 2.31. The lowest BCUT2D eigenvalue weighted by Crippen LogP contribution is -2.22. The summed E-state index contributed by atoms with van der Waals surface area (Å²) in [5.41, 5.74) is 0.628. The van der Waals surface area contributed by atoms with Gasteiger partial charge in [-0.2, -0.15) is 0 Å². The highest BCUT2D eigenvalue weighted by Crippen LogP contribution is 2.36. The highest BCUT2D eigenvalue weighted by atomic mass is 79.9. The maximum atomic E-state index is 11.7. The second-order valence-electron chi connectivity index (χ2n) is 3.57. The summed E-state index contributed by atoms with van der Waals surface area (Å²) in [6, 6.07) is 3.14. The lowest BCUT2D eigenvalue weighted by Gasteiger charge is -2.03. The number of phenols is 1. The lowest BCUT2D eigenvalue weighted by atomic mass is 10.2. The Hall–Kier alpha value is -0.980. The zero-order valence-corrected chi connectivity index (χ0v) is 12.3. The lowest BCUT2D eigenvalue weighted by molar-refractivity contribution is -0.121. The van der Waals surface area contributed by atoms with Gasteiger partial charge in [0.2, 0.25) is 0 Å². The number of halogens is 2. The van der Waals surface area contributed by atoms with E-state index >= 15 is 0 Å². The topological polar surface area (TPSA) is 57.6 Å². The molecule has 0 aliphatic carbocycles. The van der Waals surface area contributed by atoms with E-state index in [-0.39, 0.29) is 21.9 Å². The van der Waals surface area contributed by atoms with Crippen LogP contribution in [-0.4, -0.2) is 28.2 Å². The predicted molar refractivity (Wildman–Crippen MR) is 74.6 cm³/mol. The number of thioether (sulfide) groups is 1. The van der Waals surface area contributed by atoms with Crippen molar-refractivity contribution in [3.63, 3.8) is 0 Å². The van der Waals surface area contributed by atoms with Gasteiger partial charge in [-0.1, -0.05) is 11.6 Å². The van der Waals surface area contributed by atoms with Gasteiger partial charge < -0.3 is 5.11 Å². The van der Waals surface area contributed by atoms with Crippen LogP contribution >= 0.6 is 39.3 Å². The van der Waals surface area contributed by atoms with Crippen LogP contribution in [0, 0.1) is 0 Å². The van der Waals surface area contributed by atoms with E-state index in [0.717, 1.165) is 16.7 Å².